The van der Waals surface area contributed by atoms with Crippen molar-refractivity contribution in [1.82, 2.24) is 5.32 Å². The second kappa shape index (κ2) is 8.77. The fraction of sp³-hybridized carbons (Fsp3) is 0.500. The lowest BCUT2D eigenvalue weighted by Gasteiger charge is -2.17. The summed E-state index contributed by atoms with van der Waals surface area (Å²) in [6, 6.07) is 7.06. The summed E-state index contributed by atoms with van der Waals surface area (Å²) in [5, 5.41) is 2.89. The van der Waals surface area contributed by atoms with Crippen molar-refractivity contribution in [1.29, 1.82) is 0 Å². The van der Waals surface area contributed by atoms with Crippen molar-refractivity contribution in [3.05, 3.63) is 29.8 Å². The van der Waals surface area contributed by atoms with E-state index in [1.807, 2.05) is 19.1 Å². The lowest BCUT2D eigenvalue weighted by atomic mass is 10.1. The summed E-state index contributed by atoms with van der Waals surface area (Å²) in [6.45, 7) is 2.96. The van der Waals surface area contributed by atoms with E-state index in [9.17, 15) is 4.79 Å². The van der Waals surface area contributed by atoms with Crippen LogP contribution in [0.3, 0.4) is 0 Å². The van der Waals surface area contributed by atoms with Gasteiger partial charge in [-0.25, -0.2) is 0 Å². The number of halogens is 1. The molecule has 5 heteroatoms. The van der Waals surface area contributed by atoms with Crippen LogP contribution in [0.1, 0.15) is 23.7 Å². The van der Waals surface area contributed by atoms with Crippen molar-refractivity contribution < 1.29 is 14.3 Å². The van der Waals surface area contributed by atoms with E-state index in [4.69, 9.17) is 21.1 Å². The molecule has 1 atom stereocenters. The Labute approximate surface area is 119 Å². The van der Waals surface area contributed by atoms with Gasteiger partial charge in [-0.1, -0.05) is 12.1 Å². The Morgan fingerprint density at radius 3 is 2.79 bits per heavy atom. The van der Waals surface area contributed by atoms with Crippen LogP contribution >= 0.6 is 11.6 Å². The molecule has 0 aliphatic carbocycles. The number of para-hydroxylation sites is 1. The largest absolute Gasteiger partial charge is 0.493 e. The summed E-state index contributed by atoms with van der Waals surface area (Å²) < 4.78 is 10.4. The summed E-state index contributed by atoms with van der Waals surface area (Å²) in [7, 11) is 1.62. The Morgan fingerprint density at radius 1 is 1.42 bits per heavy atom. The molecule has 1 aromatic rings. The molecule has 1 aromatic carbocycles. The number of nitrogens with one attached hydrogen (secondary N) is 1. The van der Waals surface area contributed by atoms with Crippen molar-refractivity contribution in [3.63, 3.8) is 0 Å². The first kappa shape index (κ1) is 15.8. The second-order valence-corrected chi connectivity index (χ2v) is 4.34. The highest BCUT2D eigenvalue weighted by molar-refractivity contribution is 6.18. The van der Waals surface area contributed by atoms with E-state index in [1.54, 1.807) is 19.2 Å². The van der Waals surface area contributed by atoms with E-state index >= 15 is 0 Å². The minimum absolute atomic E-state index is 0.108. The predicted octanol–water partition coefficient (Wildman–Crippen LogP) is 2.46. The van der Waals surface area contributed by atoms with Crippen molar-refractivity contribution in [3.8, 4) is 5.75 Å². The first-order valence-electron chi connectivity index (χ1n) is 6.30. The summed E-state index contributed by atoms with van der Waals surface area (Å²) in [5.74, 6) is 0.764. The van der Waals surface area contributed by atoms with Crippen molar-refractivity contribution >= 4 is 17.5 Å². The molecule has 1 rings (SSSR count). The van der Waals surface area contributed by atoms with Crippen LogP contribution in [0.4, 0.5) is 0 Å². The molecule has 0 aliphatic rings. The number of carbonyl (C=O) groups excluding carboxylic acids is 1. The standard InChI is InChI=1S/C14H20ClNO3/c1-3-19-13-7-5-4-6-12(13)14(17)16-11(10-15)8-9-18-2/h4-7,11H,3,8-10H2,1-2H3,(H,16,17). The van der Waals surface area contributed by atoms with Gasteiger partial charge in [0.05, 0.1) is 12.2 Å². The highest BCUT2D eigenvalue weighted by Gasteiger charge is 2.16. The number of hydrogen-bond donors (Lipinski definition) is 1. The topological polar surface area (TPSA) is 47.6 Å². The van der Waals surface area contributed by atoms with Gasteiger partial charge in [-0.05, 0) is 25.5 Å². The van der Waals surface area contributed by atoms with Crippen molar-refractivity contribution in [2.75, 3.05) is 26.2 Å². The molecule has 0 saturated heterocycles. The van der Waals surface area contributed by atoms with Crippen molar-refractivity contribution in [2.45, 2.75) is 19.4 Å². The second-order valence-electron chi connectivity index (χ2n) is 4.04. The van der Waals surface area contributed by atoms with Gasteiger partial charge in [0.25, 0.3) is 5.91 Å². The maximum Gasteiger partial charge on any atom is 0.255 e. The molecular formula is C14H20ClNO3. The molecule has 0 saturated carbocycles. The van der Waals surface area contributed by atoms with Crippen molar-refractivity contribution in [2.24, 2.45) is 0 Å². The molecule has 106 valence electrons. The Hall–Kier alpha value is -1.26. The third-order valence-corrected chi connectivity index (χ3v) is 3.00. The quantitative estimate of drug-likeness (QED) is 0.747. The fourth-order valence-electron chi connectivity index (χ4n) is 1.65. The molecule has 1 amide bonds. The summed E-state index contributed by atoms with van der Waals surface area (Å²) in [6.07, 6.45) is 0.683. The number of amides is 1. The number of benzene rings is 1. The van der Waals surface area contributed by atoms with E-state index in [-0.39, 0.29) is 11.9 Å². The molecule has 1 unspecified atom stereocenters. The molecule has 0 fully saturated rings. The average Bonchev–Trinajstić information content (AvgIpc) is 2.44. The molecule has 0 aromatic heterocycles. The van der Waals surface area contributed by atoms with Crippen LogP contribution in [-0.2, 0) is 4.74 Å². The van der Waals surface area contributed by atoms with Crippen LogP contribution in [0.5, 0.6) is 5.75 Å². The first-order valence-corrected chi connectivity index (χ1v) is 6.84. The smallest absolute Gasteiger partial charge is 0.255 e. The van der Waals surface area contributed by atoms with E-state index in [1.165, 1.54) is 0 Å². The molecular weight excluding hydrogens is 266 g/mol. The van der Waals surface area contributed by atoms with E-state index in [0.717, 1.165) is 0 Å². The highest BCUT2D eigenvalue weighted by Crippen LogP contribution is 2.18. The van der Waals surface area contributed by atoms with Gasteiger partial charge in [0.15, 0.2) is 0 Å². The van der Waals surface area contributed by atoms with Crippen LogP contribution in [0.25, 0.3) is 0 Å². The van der Waals surface area contributed by atoms with Gasteiger partial charge < -0.3 is 14.8 Å². The molecule has 0 heterocycles. The Morgan fingerprint density at radius 2 is 2.16 bits per heavy atom. The fourth-order valence-corrected chi connectivity index (χ4v) is 1.88. The normalized spacial score (nSPS) is 11.9. The zero-order valence-corrected chi connectivity index (χ0v) is 12.1. The minimum atomic E-state index is -0.175. The van der Waals surface area contributed by atoms with Gasteiger partial charge in [-0.3, -0.25) is 4.79 Å². The van der Waals surface area contributed by atoms with Gasteiger partial charge in [0.1, 0.15) is 5.75 Å². The van der Waals surface area contributed by atoms with Gasteiger partial charge in [-0.2, -0.15) is 0 Å². The molecule has 0 aliphatic heterocycles. The first-order chi connectivity index (χ1) is 9.22. The monoisotopic (exact) mass is 285 g/mol. The Bertz CT molecular complexity index is 398. The number of alkyl halides is 1. The molecule has 0 radical (unpaired) electrons. The lowest BCUT2D eigenvalue weighted by molar-refractivity contribution is 0.0926. The molecule has 0 spiro atoms. The van der Waals surface area contributed by atoms with Gasteiger partial charge in [0.2, 0.25) is 0 Å². The van der Waals surface area contributed by atoms with E-state index in [0.29, 0.717) is 36.8 Å². The average molecular weight is 286 g/mol. The lowest BCUT2D eigenvalue weighted by Crippen LogP contribution is -2.37. The van der Waals surface area contributed by atoms with Crippen LogP contribution in [0.15, 0.2) is 24.3 Å². The number of methoxy groups -OCH3 is 1. The maximum atomic E-state index is 12.2. The summed E-state index contributed by atoms with van der Waals surface area (Å²) in [5.41, 5.74) is 0.525. The number of hydrogen-bond acceptors (Lipinski definition) is 3. The molecule has 19 heavy (non-hydrogen) atoms. The van der Waals surface area contributed by atoms with Crippen LogP contribution in [0, 0.1) is 0 Å². The SMILES string of the molecule is CCOc1ccccc1C(=O)NC(CCl)CCOC. The van der Waals surface area contributed by atoms with Crippen LogP contribution in [-0.4, -0.2) is 38.2 Å². The summed E-state index contributed by atoms with van der Waals surface area (Å²) >= 11 is 5.83. The number of ether oxygens (including phenoxy) is 2. The third kappa shape index (κ3) is 5.09. The summed E-state index contributed by atoms with van der Waals surface area (Å²) in [4.78, 5) is 12.2. The molecule has 4 nitrogen and oxygen atoms in total. The molecule has 0 bridgehead atoms. The van der Waals surface area contributed by atoms with Gasteiger partial charge >= 0.3 is 0 Å². The third-order valence-electron chi connectivity index (χ3n) is 2.62. The van der Waals surface area contributed by atoms with Crippen LogP contribution in [0.2, 0.25) is 0 Å². The zero-order chi connectivity index (χ0) is 14.1. The minimum Gasteiger partial charge on any atom is -0.493 e. The zero-order valence-electron chi connectivity index (χ0n) is 11.3. The van der Waals surface area contributed by atoms with E-state index < -0.39 is 0 Å². The number of carbonyl (C=O) groups is 1. The molecule has 1 N–H and O–H groups in total. The number of rotatable bonds is 8. The van der Waals surface area contributed by atoms with Gasteiger partial charge in [0, 0.05) is 25.6 Å². The Balaban J connectivity index is 2.71. The van der Waals surface area contributed by atoms with Crippen LogP contribution < -0.4 is 10.1 Å². The predicted molar refractivity (Wildman–Crippen MR) is 76.1 cm³/mol. The van der Waals surface area contributed by atoms with E-state index in [2.05, 4.69) is 5.32 Å². The Kier molecular flexibility index (Phi) is 7.30. The van der Waals surface area contributed by atoms with Gasteiger partial charge in [-0.15, -0.1) is 11.6 Å². The highest BCUT2D eigenvalue weighted by atomic mass is 35.5. The maximum absolute atomic E-state index is 12.2.